The van der Waals surface area contributed by atoms with Crippen LogP contribution in [0, 0.1) is 0 Å². The first-order valence-electron chi connectivity index (χ1n) is 8.03. The Hall–Kier alpha value is -2.04. The second kappa shape index (κ2) is 8.88. The van der Waals surface area contributed by atoms with Gasteiger partial charge in [0, 0.05) is 23.2 Å². The molecule has 0 radical (unpaired) electrons. The molecule has 2 aromatic rings. The van der Waals surface area contributed by atoms with Crippen molar-refractivity contribution in [2.45, 2.75) is 32.9 Å². The van der Waals surface area contributed by atoms with Crippen LogP contribution in [0.3, 0.4) is 0 Å². The average molecular weight is 379 g/mol. The molecule has 1 unspecified atom stereocenters. The number of rotatable bonds is 6. The molecule has 25 heavy (non-hydrogen) atoms. The largest absolute Gasteiger partial charge is 0.350 e. The van der Waals surface area contributed by atoms with Crippen molar-refractivity contribution in [1.82, 2.24) is 10.6 Å². The lowest BCUT2D eigenvalue weighted by molar-refractivity contribution is 0.0934. The van der Waals surface area contributed by atoms with Crippen LogP contribution in [0.1, 0.15) is 46.5 Å². The highest BCUT2D eigenvalue weighted by Crippen LogP contribution is 2.20. The van der Waals surface area contributed by atoms with Crippen molar-refractivity contribution >= 4 is 35.0 Å². The second-order valence-electron chi connectivity index (χ2n) is 5.79. The zero-order valence-electron chi connectivity index (χ0n) is 14.1. The van der Waals surface area contributed by atoms with E-state index in [9.17, 15) is 9.59 Å². The lowest BCUT2D eigenvalue weighted by Gasteiger charge is -2.12. The van der Waals surface area contributed by atoms with E-state index in [1.807, 2.05) is 26.0 Å². The van der Waals surface area contributed by atoms with Crippen LogP contribution in [0.4, 0.5) is 0 Å². The van der Waals surface area contributed by atoms with Gasteiger partial charge in [-0.25, -0.2) is 0 Å². The minimum Gasteiger partial charge on any atom is -0.350 e. The molecule has 0 fully saturated rings. The maximum Gasteiger partial charge on any atom is 0.253 e. The van der Waals surface area contributed by atoms with E-state index in [1.54, 1.807) is 24.3 Å². The molecule has 2 N–H and O–H groups in total. The van der Waals surface area contributed by atoms with Gasteiger partial charge in [0.25, 0.3) is 11.8 Å². The quantitative estimate of drug-likeness (QED) is 0.779. The summed E-state index contributed by atoms with van der Waals surface area (Å²) in [5.41, 5.74) is 1.80. The van der Waals surface area contributed by atoms with Crippen LogP contribution in [0.2, 0.25) is 10.0 Å². The molecule has 0 aliphatic carbocycles. The number of carbonyl (C=O) groups excluding carboxylic acids is 2. The Kier molecular flexibility index (Phi) is 6.85. The van der Waals surface area contributed by atoms with E-state index < -0.39 is 0 Å². The van der Waals surface area contributed by atoms with Crippen molar-refractivity contribution in [2.75, 3.05) is 0 Å². The number of benzene rings is 2. The van der Waals surface area contributed by atoms with Crippen molar-refractivity contribution in [2.24, 2.45) is 0 Å². The molecule has 0 heterocycles. The molecule has 0 saturated carbocycles. The van der Waals surface area contributed by atoms with Gasteiger partial charge in [-0.15, -0.1) is 0 Å². The summed E-state index contributed by atoms with van der Waals surface area (Å²) in [7, 11) is 0. The molecule has 0 spiro atoms. The Morgan fingerprint density at radius 1 is 1.04 bits per heavy atom. The predicted molar refractivity (Wildman–Crippen MR) is 101 cm³/mol. The minimum atomic E-state index is -0.300. The van der Waals surface area contributed by atoms with Gasteiger partial charge >= 0.3 is 0 Å². The number of hydrogen-bond donors (Lipinski definition) is 2. The molecular weight excluding hydrogens is 359 g/mol. The summed E-state index contributed by atoms with van der Waals surface area (Å²) < 4.78 is 0. The van der Waals surface area contributed by atoms with Crippen molar-refractivity contribution in [3.63, 3.8) is 0 Å². The summed E-state index contributed by atoms with van der Waals surface area (Å²) in [6.45, 7) is 4.31. The fourth-order valence-electron chi connectivity index (χ4n) is 2.13. The van der Waals surface area contributed by atoms with Crippen LogP contribution in [0.25, 0.3) is 0 Å². The minimum absolute atomic E-state index is 0.101. The van der Waals surface area contributed by atoms with Gasteiger partial charge in [0.2, 0.25) is 0 Å². The highest BCUT2D eigenvalue weighted by Gasteiger charge is 2.11. The molecule has 4 nitrogen and oxygen atoms in total. The summed E-state index contributed by atoms with van der Waals surface area (Å²) >= 11 is 11.9. The summed E-state index contributed by atoms with van der Waals surface area (Å²) in [6.07, 6.45) is 0.877. The lowest BCUT2D eigenvalue weighted by Crippen LogP contribution is -2.31. The van der Waals surface area contributed by atoms with Crippen molar-refractivity contribution in [3.8, 4) is 0 Å². The fraction of sp³-hybridized carbons (Fsp3) is 0.263. The Balaban J connectivity index is 1.96. The van der Waals surface area contributed by atoms with E-state index in [0.29, 0.717) is 27.7 Å². The van der Waals surface area contributed by atoms with Crippen molar-refractivity contribution < 1.29 is 9.59 Å². The highest BCUT2D eigenvalue weighted by molar-refractivity contribution is 6.35. The molecule has 132 valence electrons. The second-order valence-corrected chi connectivity index (χ2v) is 6.63. The van der Waals surface area contributed by atoms with Crippen LogP contribution in [-0.4, -0.2) is 17.9 Å². The van der Waals surface area contributed by atoms with Crippen LogP contribution < -0.4 is 10.6 Å². The summed E-state index contributed by atoms with van der Waals surface area (Å²) in [6, 6.07) is 12.0. The maximum atomic E-state index is 12.2. The van der Waals surface area contributed by atoms with Crippen molar-refractivity contribution in [3.05, 3.63) is 69.2 Å². The topological polar surface area (TPSA) is 58.2 Å². The third-order valence-electron chi connectivity index (χ3n) is 3.83. The van der Waals surface area contributed by atoms with Gasteiger partial charge in [-0.2, -0.15) is 0 Å². The molecule has 0 aliphatic heterocycles. The Morgan fingerprint density at radius 2 is 1.72 bits per heavy atom. The number of hydrogen-bond acceptors (Lipinski definition) is 2. The number of amides is 2. The number of nitrogens with one attached hydrogen (secondary N) is 2. The number of halogens is 2. The van der Waals surface area contributed by atoms with Gasteiger partial charge in [-0.1, -0.05) is 42.3 Å². The van der Waals surface area contributed by atoms with Gasteiger partial charge in [0.05, 0.1) is 10.6 Å². The van der Waals surface area contributed by atoms with Gasteiger partial charge < -0.3 is 10.6 Å². The van der Waals surface area contributed by atoms with Gasteiger partial charge in [0.1, 0.15) is 0 Å². The third-order valence-corrected chi connectivity index (χ3v) is 4.40. The van der Waals surface area contributed by atoms with E-state index in [4.69, 9.17) is 23.2 Å². The third kappa shape index (κ3) is 5.48. The van der Waals surface area contributed by atoms with Gasteiger partial charge in [0.15, 0.2) is 0 Å². The first-order chi connectivity index (χ1) is 11.9. The normalized spacial score (nSPS) is 11.7. The summed E-state index contributed by atoms with van der Waals surface area (Å²) in [5.74, 6) is -0.401. The smallest absolute Gasteiger partial charge is 0.253 e. The van der Waals surface area contributed by atoms with Crippen LogP contribution in [0.5, 0.6) is 0 Å². The predicted octanol–water partition coefficient (Wildman–Crippen LogP) is 4.45. The molecule has 0 aliphatic rings. The first-order valence-corrected chi connectivity index (χ1v) is 8.79. The Bertz CT molecular complexity index is 761. The molecule has 6 heteroatoms. The molecule has 0 saturated heterocycles. The Labute approximate surface area is 157 Å². The van der Waals surface area contributed by atoms with E-state index in [2.05, 4.69) is 10.6 Å². The highest BCUT2D eigenvalue weighted by atomic mass is 35.5. The van der Waals surface area contributed by atoms with Gasteiger partial charge in [-0.3, -0.25) is 9.59 Å². The fourth-order valence-corrected chi connectivity index (χ4v) is 2.51. The molecule has 2 rings (SSSR count). The maximum absolute atomic E-state index is 12.2. The monoisotopic (exact) mass is 378 g/mol. The van der Waals surface area contributed by atoms with Crippen molar-refractivity contribution in [1.29, 1.82) is 0 Å². The van der Waals surface area contributed by atoms with E-state index >= 15 is 0 Å². The molecule has 2 amide bonds. The van der Waals surface area contributed by atoms with E-state index in [1.165, 1.54) is 6.07 Å². The number of carbonyl (C=O) groups is 2. The van der Waals surface area contributed by atoms with Crippen LogP contribution in [-0.2, 0) is 6.54 Å². The molecular formula is C19H20Cl2N2O2. The summed E-state index contributed by atoms with van der Waals surface area (Å²) in [4.78, 5) is 24.2. The van der Waals surface area contributed by atoms with E-state index in [-0.39, 0.29) is 17.9 Å². The standard InChI is InChI=1S/C19H20Cl2N2O2/c1-3-12(2)23-18(24)14-6-4-13(5-7-14)11-22-19(25)16-10-15(20)8-9-17(16)21/h4-10,12H,3,11H2,1-2H3,(H,22,25)(H,23,24). The average Bonchev–Trinajstić information content (AvgIpc) is 2.61. The molecule has 0 aromatic heterocycles. The SMILES string of the molecule is CCC(C)NC(=O)c1ccc(CNC(=O)c2cc(Cl)ccc2Cl)cc1. The first kappa shape index (κ1) is 19.3. The van der Waals surface area contributed by atoms with E-state index in [0.717, 1.165) is 12.0 Å². The summed E-state index contributed by atoms with van der Waals surface area (Å²) in [5, 5.41) is 6.50. The molecule has 1 atom stereocenters. The molecule has 0 bridgehead atoms. The van der Waals surface area contributed by atoms with Gasteiger partial charge in [-0.05, 0) is 49.2 Å². The lowest BCUT2D eigenvalue weighted by atomic mass is 10.1. The van der Waals surface area contributed by atoms with Crippen LogP contribution in [0.15, 0.2) is 42.5 Å². The molecule has 2 aromatic carbocycles. The Morgan fingerprint density at radius 3 is 2.36 bits per heavy atom. The zero-order chi connectivity index (χ0) is 18.4. The van der Waals surface area contributed by atoms with Crippen LogP contribution >= 0.6 is 23.2 Å². The zero-order valence-corrected chi connectivity index (χ0v) is 15.6.